The fraction of sp³-hybridized carbons (Fsp3) is 0.154. The van der Waals surface area contributed by atoms with Crippen molar-refractivity contribution in [3.8, 4) is 11.5 Å². The summed E-state index contributed by atoms with van der Waals surface area (Å²) < 4.78 is 17.6. The summed E-state index contributed by atoms with van der Waals surface area (Å²) in [6.45, 7) is 3.62. The summed E-state index contributed by atoms with van der Waals surface area (Å²) in [5.74, 6) is 1.10. The number of hydrogen-bond donors (Lipinski definition) is 1. The van der Waals surface area contributed by atoms with Gasteiger partial charge >= 0.3 is 0 Å². The second-order valence-corrected chi connectivity index (χ2v) is 7.44. The average molecular weight is 429 g/mol. The predicted molar refractivity (Wildman–Crippen MR) is 122 cm³/mol. The van der Waals surface area contributed by atoms with Gasteiger partial charge in [-0.1, -0.05) is 42.5 Å². The smallest absolute Gasteiger partial charge is 0.221 e. The molecule has 0 unspecified atom stereocenters. The minimum atomic E-state index is -0.211. The third kappa shape index (κ3) is 5.16. The molecule has 4 rings (SSSR count). The Bertz CT molecular complexity index is 1260. The van der Waals surface area contributed by atoms with Crippen molar-refractivity contribution >= 4 is 28.3 Å². The molecule has 0 aliphatic rings. The van der Waals surface area contributed by atoms with Gasteiger partial charge in [0.1, 0.15) is 30.3 Å². The summed E-state index contributed by atoms with van der Waals surface area (Å²) in [4.78, 5) is 23.3. The van der Waals surface area contributed by atoms with Crippen molar-refractivity contribution in [1.82, 2.24) is 0 Å². The Kier molecular flexibility index (Phi) is 6.22. The molecule has 0 radical (unpaired) electrons. The molecule has 0 fully saturated rings. The number of rotatable bonds is 8. The van der Waals surface area contributed by atoms with Gasteiger partial charge in [0, 0.05) is 31.7 Å². The normalized spacial score (nSPS) is 10.7. The van der Waals surface area contributed by atoms with Crippen molar-refractivity contribution in [3.05, 3.63) is 89.7 Å². The van der Waals surface area contributed by atoms with E-state index in [0.29, 0.717) is 29.0 Å². The summed E-state index contributed by atoms with van der Waals surface area (Å²) in [7, 11) is 0. The molecule has 6 nitrogen and oxygen atoms in total. The lowest BCUT2D eigenvalue weighted by molar-refractivity contribution is -0.114. The number of amides is 1. The van der Waals surface area contributed by atoms with E-state index in [1.54, 1.807) is 18.2 Å². The summed E-state index contributed by atoms with van der Waals surface area (Å²) in [5, 5.41) is 3.40. The van der Waals surface area contributed by atoms with Crippen LogP contribution in [0.15, 0.2) is 77.2 Å². The van der Waals surface area contributed by atoms with Gasteiger partial charge in [-0.2, -0.15) is 0 Å². The lowest BCUT2D eigenvalue weighted by atomic mass is 10.2. The van der Waals surface area contributed by atoms with Crippen LogP contribution in [0.2, 0.25) is 0 Å². The number of Topliss-reactive ketones (excluding diaryl/α,β-unsaturated/α-hetero) is 1. The molecule has 1 heterocycles. The second kappa shape index (κ2) is 9.39. The zero-order chi connectivity index (χ0) is 22.5. The highest BCUT2D eigenvalue weighted by Crippen LogP contribution is 2.33. The van der Waals surface area contributed by atoms with Gasteiger partial charge < -0.3 is 19.2 Å². The number of ketones is 1. The van der Waals surface area contributed by atoms with E-state index in [-0.39, 0.29) is 24.1 Å². The lowest BCUT2D eigenvalue weighted by Gasteiger charge is -2.11. The molecular formula is C26H23NO5. The monoisotopic (exact) mass is 429 g/mol. The van der Waals surface area contributed by atoms with Crippen LogP contribution in [0.3, 0.4) is 0 Å². The van der Waals surface area contributed by atoms with Crippen molar-refractivity contribution in [2.75, 3.05) is 5.32 Å². The number of anilines is 1. The molecule has 6 heteroatoms. The van der Waals surface area contributed by atoms with E-state index in [9.17, 15) is 9.59 Å². The molecule has 0 bridgehead atoms. The van der Waals surface area contributed by atoms with Gasteiger partial charge in [-0.25, -0.2) is 0 Å². The zero-order valence-corrected chi connectivity index (χ0v) is 17.9. The van der Waals surface area contributed by atoms with Crippen LogP contribution in [-0.2, 0) is 18.0 Å². The Morgan fingerprint density at radius 3 is 2.34 bits per heavy atom. The molecule has 3 aromatic carbocycles. The first kappa shape index (κ1) is 21.2. The maximum atomic E-state index is 11.8. The standard InChI is InChI=1S/C26H23NO5/c1-17(28)24-14-23-25(12-21(27-18(2)29)13-26(23)32-24)31-16-20-9-6-10-22(11-20)30-15-19-7-4-3-5-8-19/h3-14H,15-16H2,1-2H3,(H,27,29). The Morgan fingerprint density at radius 2 is 1.59 bits per heavy atom. The van der Waals surface area contributed by atoms with Crippen LogP contribution < -0.4 is 14.8 Å². The van der Waals surface area contributed by atoms with Crippen LogP contribution in [0, 0.1) is 0 Å². The highest BCUT2D eigenvalue weighted by molar-refractivity contribution is 5.99. The molecule has 1 N–H and O–H groups in total. The highest BCUT2D eigenvalue weighted by atomic mass is 16.5. The third-order valence-corrected chi connectivity index (χ3v) is 4.81. The molecule has 0 atom stereocenters. The van der Waals surface area contributed by atoms with Crippen LogP contribution in [-0.4, -0.2) is 11.7 Å². The number of furan rings is 1. The maximum Gasteiger partial charge on any atom is 0.221 e. The first-order valence-electron chi connectivity index (χ1n) is 10.2. The summed E-state index contributed by atoms with van der Waals surface area (Å²) in [5.41, 5.74) is 3.01. The van der Waals surface area contributed by atoms with E-state index < -0.39 is 0 Å². The molecule has 0 spiro atoms. The number of carbonyl (C=O) groups excluding carboxylic acids is 2. The second-order valence-electron chi connectivity index (χ2n) is 7.44. The van der Waals surface area contributed by atoms with Crippen LogP contribution >= 0.6 is 0 Å². The first-order chi connectivity index (χ1) is 15.5. The fourth-order valence-corrected chi connectivity index (χ4v) is 3.30. The lowest BCUT2D eigenvalue weighted by Crippen LogP contribution is -2.06. The summed E-state index contributed by atoms with van der Waals surface area (Å²) in [6, 6.07) is 22.7. The van der Waals surface area contributed by atoms with Gasteiger partial charge in [0.2, 0.25) is 5.91 Å². The Balaban J connectivity index is 1.53. The van der Waals surface area contributed by atoms with Gasteiger partial charge in [-0.3, -0.25) is 9.59 Å². The Labute approximate surface area is 185 Å². The highest BCUT2D eigenvalue weighted by Gasteiger charge is 2.15. The molecule has 0 saturated heterocycles. The van der Waals surface area contributed by atoms with Crippen LogP contribution in [0.1, 0.15) is 35.5 Å². The molecule has 0 aliphatic heterocycles. The number of benzene rings is 3. The van der Waals surface area contributed by atoms with E-state index >= 15 is 0 Å². The van der Waals surface area contributed by atoms with Gasteiger partial charge in [0.05, 0.1) is 5.39 Å². The minimum Gasteiger partial charge on any atom is -0.489 e. The number of nitrogens with one attached hydrogen (secondary N) is 1. The molecule has 1 aromatic heterocycles. The summed E-state index contributed by atoms with van der Waals surface area (Å²) in [6.07, 6.45) is 0. The molecule has 162 valence electrons. The molecule has 32 heavy (non-hydrogen) atoms. The maximum absolute atomic E-state index is 11.8. The fourth-order valence-electron chi connectivity index (χ4n) is 3.30. The topological polar surface area (TPSA) is 77.8 Å². The zero-order valence-electron chi connectivity index (χ0n) is 17.9. The van der Waals surface area contributed by atoms with Crippen molar-refractivity contribution in [1.29, 1.82) is 0 Å². The van der Waals surface area contributed by atoms with Gasteiger partial charge in [-0.05, 0) is 29.3 Å². The van der Waals surface area contributed by atoms with Crippen LogP contribution in [0.4, 0.5) is 5.69 Å². The number of fused-ring (bicyclic) bond motifs is 1. The van der Waals surface area contributed by atoms with E-state index in [1.807, 2.05) is 54.6 Å². The van der Waals surface area contributed by atoms with Crippen molar-refractivity contribution in [3.63, 3.8) is 0 Å². The number of ether oxygens (including phenoxy) is 2. The van der Waals surface area contributed by atoms with Crippen molar-refractivity contribution in [2.24, 2.45) is 0 Å². The summed E-state index contributed by atoms with van der Waals surface area (Å²) >= 11 is 0. The van der Waals surface area contributed by atoms with Crippen molar-refractivity contribution in [2.45, 2.75) is 27.1 Å². The van der Waals surface area contributed by atoms with Crippen molar-refractivity contribution < 1.29 is 23.5 Å². The molecule has 0 aliphatic carbocycles. The average Bonchev–Trinajstić information content (AvgIpc) is 3.21. The van der Waals surface area contributed by atoms with Crippen LogP contribution in [0.25, 0.3) is 11.0 Å². The SMILES string of the molecule is CC(=O)Nc1cc(OCc2cccc(OCc3ccccc3)c2)c2cc(C(C)=O)oc2c1. The van der Waals surface area contributed by atoms with Gasteiger partial charge in [0.15, 0.2) is 11.5 Å². The van der Waals surface area contributed by atoms with E-state index in [1.165, 1.54) is 13.8 Å². The Hall–Kier alpha value is -4.06. The Morgan fingerprint density at radius 1 is 0.844 bits per heavy atom. The van der Waals surface area contributed by atoms with Gasteiger partial charge in [-0.15, -0.1) is 0 Å². The van der Waals surface area contributed by atoms with E-state index in [2.05, 4.69) is 5.32 Å². The molecular weight excluding hydrogens is 406 g/mol. The third-order valence-electron chi connectivity index (χ3n) is 4.81. The minimum absolute atomic E-state index is 0.184. The quantitative estimate of drug-likeness (QED) is 0.361. The van der Waals surface area contributed by atoms with Crippen LogP contribution in [0.5, 0.6) is 11.5 Å². The van der Waals surface area contributed by atoms with E-state index in [4.69, 9.17) is 13.9 Å². The van der Waals surface area contributed by atoms with E-state index in [0.717, 1.165) is 16.9 Å². The first-order valence-corrected chi connectivity index (χ1v) is 10.2. The molecule has 1 amide bonds. The predicted octanol–water partition coefficient (Wildman–Crippen LogP) is 5.75. The number of carbonyl (C=O) groups is 2. The molecule has 4 aromatic rings. The molecule has 0 saturated carbocycles. The number of hydrogen-bond acceptors (Lipinski definition) is 5. The van der Waals surface area contributed by atoms with Gasteiger partial charge in [0.25, 0.3) is 0 Å². The largest absolute Gasteiger partial charge is 0.489 e.